The number of carbonyl (C=O) groups is 1. The number of amides is 1. The van der Waals surface area contributed by atoms with Crippen LogP contribution in [0.4, 0.5) is 0 Å². The fraction of sp³-hybridized carbons (Fsp3) is 0.441. The van der Waals surface area contributed by atoms with Gasteiger partial charge in [-0.2, -0.15) is 0 Å². The van der Waals surface area contributed by atoms with Crippen LogP contribution < -0.4 is 0 Å². The molecule has 6 nitrogen and oxygen atoms in total. The van der Waals surface area contributed by atoms with Gasteiger partial charge in [-0.3, -0.25) is 18.4 Å². The van der Waals surface area contributed by atoms with Gasteiger partial charge in [0.25, 0.3) is 0 Å². The summed E-state index contributed by atoms with van der Waals surface area (Å²) >= 11 is 0. The predicted molar refractivity (Wildman–Crippen MR) is 163 cm³/mol. The molecule has 1 heterocycles. The molecule has 220 valence electrons. The number of unbranched alkanes of at least 4 members (excludes halogenated alkanes) is 5. The van der Waals surface area contributed by atoms with E-state index >= 15 is 0 Å². The summed E-state index contributed by atoms with van der Waals surface area (Å²) in [6.45, 7) is 3.24. The Bertz CT molecular complexity index is 1170. The fourth-order valence-electron chi connectivity index (χ4n) is 4.86. The molecule has 1 amide bonds. The maximum absolute atomic E-state index is 13.5. The van der Waals surface area contributed by atoms with Crippen molar-refractivity contribution in [2.45, 2.75) is 84.0 Å². The van der Waals surface area contributed by atoms with Crippen LogP contribution in [0.1, 0.15) is 74.1 Å². The van der Waals surface area contributed by atoms with Crippen molar-refractivity contribution in [3.05, 3.63) is 107 Å². The number of hydrogen-bond donors (Lipinski definition) is 0. The molecule has 3 aromatic carbocycles. The summed E-state index contributed by atoms with van der Waals surface area (Å²) < 4.78 is 30.7. The number of carbonyl (C=O) groups excluding carboxylic acids is 1. The molecule has 4 rings (SSSR count). The Kier molecular flexibility index (Phi) is 12.6. The molecule has 0 aromatic heterocycles. The second-order valence-corrected chi connectivity index (χ2v) is 12.4. The normalized spacial score (nSPS) is 13.7. The number of hydrogen-bond acceptors (Lipinski definition) is 5. The predicted octanol–water partition coefficient (Wildman–Crippen LogP) is 8.29. The standard InChI is InChI=1S/C34H44NO5P/c1-2-29-21-23-30(24-22-29)15-9-5-3-4-6-14-20-34(36)35-25-33(26-35)40-41(37,38-27-31-16-10-7-11-17-31)39-28-32-18-12-8-13-19-32/h7-8,10-13,16-19,21-24,33H,2-6,9,14-15,20,25-28H2,1H3. The van der Waals surface area contributed by atoms with Crippen LogP contribution in [0.2, 0.25) is 0 Å². The second-order valence-electron chi connectivity index (χ2n) is 10.8. The first-order valence-electron chi connectivity index (χ1n) is 15.0. The Morgan fingerprint density at radius 3 is 1.78 bits per heavy atom. The van der Waals surface area contributed by atoms with Gasteiger partial charge in [0.15, 0.2) is 0 Å². The van der Waals surface area contributed by atoms with Gasteiger partial charge in [-0.25, -0.2) is 4.57 Å². The Balaban J connectivity index is 1.11. The molecule has 1 saturated heterocycles. The lowest BCUT2D eigenvalue weighted by Gasteiger charge is -2.39. The van der Waals surface area contributed by atoms with Crippen LogP contribution in [0, 0.1) is 0 Å². The zero-order chi connectivity index (χ0) is 28.8. The van der Waals surface area contributed by atoms with E-state index < -0.39 is 7.82 Å². The van der Waals surface area contributed by atoms with Gasteiger partial charge in [0, 0.05) is 19.5 Å². The molecule has 1 aliphatic rings. The molecule has 1 fully saturated rings. The Hall–Kier alpha value is -2.76. The van der Waals surface area contributed by atoms with E-state index in [1.54, 1.807) is 4.90 Å². The molecule has 0 atom stereocenters. The van der Waals surface area contributed by atoms with Crippen molar-refractivity contribution in [3.63, 3.8) is 0 Å². The quantitative estimate of drug-likeness (QED) is 0.112. The number of likely N-dealkylation sites (tertiary alicyclic amines) is 1. The molecule has 1 aliphatic heterocycles. The molecule has 0 bridgehead atoms. The minimum Gasteiger partial charge on any atom is -0.337 e. The molecule has 0 unspecified atom stereocenters. The van der Waals surface area contributed by atoms with Crippen molar-refractivity contribution >= 4 is 13.7 Å². The lowest BCUT2D eigenvalue weighted by molar-refractivity contribution is -0.141. The third-order valence-electron chi connectivity index (χ3n) is 7.48. The fourth-order valence-corrected chi connectivity index (χ4v) is 6.17. The highest BCUT2D eigenvalue weighted by Gasteiger charge is 2.39. The molecule has 0 radical (unpaired) electrons. The Labute approximate surface area is 245 Å². The molecule has 0 spiro atoms. The van der Waals surface area contributed by atoms with Crippen molar-refractivity contribution in [3.8, 4) is 0 Å². The Morgan fingerprint density at radius 2 is 1.22 bits per heavy atom. The van der Waals surface area contributed by atoms with Crippen molar-refractivity contribution in [1.29, 1.82) is 0 Å². The zero-order valence-corrected chi connectivity index (χ0v) is 25.2. The van der Waals surface area contributed by atoms with E-state index in [4.69, 9.17) is 13.6 Å². The molecular formula is C34H44NO5P. The SMILES string of the molecule is CCc1ccc(CCCCCCCCC(=O)N2CC(OP(=O)(OCc3ccccc3)OCc3ccccc3)C2)cc1. The minimum atomic E-state index is -3.83. The van der Waals surface area contributed by atoms with Gasteiger partial charge in [0.05, 0.1) is 13.2 Å². The van der Waals surface area contributed by atoms with Gasteiger partial charge >= 0.3 is 7.82 Å². The first-order chi connectivity index (χ1) is 20.0. The lowest BCUT2D eigenvalue weighted by Crippen LogP contribution is -2.54. The first kappa shape index (κ1) is 31.2. The molecule has 3 aromatic rings. The lowest BCUT2D eigenvalue weighted by atomic mass is 10.0. The molecule has 0 aliphatic carbocycles. The highest BCUT2D eigenvalue weighted by Crippen LogP contribution is 2.53. The highest BCUT2D eigenvalue weighted by molar-refractivity contribution is 7.48. The van der Waals surface area contributed by atoms with Crippen molar-refractivity contribution in [2.75, 3.05) is 13.1 Å². The minimum absolute atomic E-state index is 0.119. The van der Waals surface area contributed by atoms with E-state index in [1.807, 2.05) is 60.7 Å². The van der Waals surface area contributed by atoms with Crippen molar-refractivity contribution < 1.29 is 22.9 Å². The molecule has 41 heavy (non-hydrogen) atoms. The largest absolute Gasteiger partial charge is 0.475 e. The third-order valence-corrected chi connectivity index (χ3v) is 8.93. The van der Waals surface area contributed by atoms with Crippen molar-refractivity contribution in [1.82, 2.24) is 4.90 Å². The number of phosphoric ester groups is 1. The summed E-state index contributed by atoms with van der Waals surface area (Å²) in [5.74, 6) is 0.130. The summed E-state index contributed by atoms with van der Waals surface area (Å²) in [6, 6.07) is 28.0. The van der Waals surface area contributed by atoms with Gasteiger partial charge in [0.1, 0.15) is 6.10 Å². The Morgan fingerprint density at radius 1 is 0.707 bits per heavy atom. The number of aryl methyl sites for hydroxylation is 2. The zero-order valence-electron chi connectivity index (χ0n) is 24.3. The summed E-state index contributed by atoms with van der Waals surface area (Å²) in [6.07, 6.45) is 9.20. The number of phosphoric acid groups is 1. The van der Waals surface area contributed by atoms with Crippen LogP contribution in [0.5, 0.6) is 0 Å². The maximum Gasteiger partial charge on any atom is 0.475 e. The van der Waals surface area contributed by atoms with E-state index in [-0.39, 0.29) is 25.2 Å². The van der Waals surface area contributed by atoms with E-state index in [0.717, 1.165) is 43.2 Å². The van der Waals surface area contributed by atoms with Crippen LogP contribution in [-0.4, -0.2) is 30.0 Å². The van der Waals surface area contributed by atoms with Crippen LogP contribution in [0.15, 0.2) is 84.9 Å². The highest BCUT2D eigenvalue weighted by atomic mass is 31.2. The molecule has 0 N–H and O–H groups in total. The van der Waals surface area contributed by atoms with Crippen LogP contribution >= 0.6 is 7.82 Å². The van der Waals surface area contributed by atoms with Gasteiger partial charge < -0.3 is 4.90 Å². The molecule has 7 heteroatoms. The van der Waals surface area contributed by atoms with Crippen molar-refractivity contribution in [2.24, 2.45) is 0 Å². The smallest absolute Gasteiger partial charge is 0.337 e. The average Bonchev–Trinajstić information content (AvgIpc) is 2.99. The van der Waals surface area contributed by atoms with E-state index in [2.05, 4.69) is 31.2 Å². The summed E-state index contributed by atoms with van der Waals surface area (Å²) in [4.78, 5) is 14.4. The molecular weight excluding hydrogens is 533 g/mol. The van der Waals surface area contributed by atoms with Gasteiger partial charge in [-0.05, 0) is 47.9 Å². The van der Waals surface area contributed by atoms with E-state index in [0.29, 0.717) is 19.5 Å². The number of rotatable bonds is 18. The number of benzene rings is 3. The van der Waals surface area contributed by atoms with Gasteiger partial charge in [0.2, 0.25) is 5.91 Å². The average molecular weight is 578 g/mol. The van der Waals surface area contributed by atoms with Crippen LogP contribution in [-0.2, 0) is 49.0 Å². The topological polar surface area (TPSA) is 65.1 Å². The van der Waals surface area contributed by atoms with E-state index in [9.17, 15) is 9.36 Å². The number of nitrogens with zero attached hydrogens (tertiary/aromatic N) is 1. The molecule has 0 saturated carbocycles. The monoisotopic (exact) mass is 577 g/mol. The summed E-state index contributed by atoms with van der Waals surface area (Å²) in [5.41, 5.74) is 4.58. The first-order valence-corrected chi connectivity index (χ1v) is 16.5. The maximum atomic E-state index is 13.5. The van der Waals surface area contributed by atoms with Crippen LogP contribution in [0.3, 0.4) is 0 Å². The van der Waals surface area contributed by atoms with E-state index in [1.165, 1.54) is 30.4 Å². The second kappa shape index (κ2) is 16.6. The summed E-state index contributed by atoms with van der Waals surface area (Å²) in [7, 11) is -3.83. The third kappa shape index (κ3) is 10.9. The van der Waals surface area contributed by atoms with Gasteiger partial charge in [-0.15, -0.1) is 0 Å². The summed E-state index contributed by atoms with van der Waals surface area (Å²) in [5, 5.41) is 0. The van der Waals surface area contributed by atoms with Gasteiger partial charge in [-0.1, -0.05) is 118 Å². The van der Waals surface area contributed by atoms with Crippen LogP contribution in [0.25, 0.3) is 0 Å².